The van der Waals surface area contributed by atoms with Crippen molar-refractivity contribution in [2.24, 2.45) is 0 Å². The van der Waals surface area contributed by atoms with Crippen LogP contribution in [0.1, 0.15) is 56.0 Å². The van der Waals surface area contributed by atoms with E-state index in [2.05, 4.69) is 12.2 Å². The summed E-state index contributed by atoms with van der Waals surface area (Å²) in [6.45, 7) is 7.25. The molecule has 26 heavy (non-hydrogen) atoms. The van der Waals surface area contributed by atoms with E-state index in [-0.39, 0.29) is 12.0 Å². The molecule has 140 valence electrons. The summed E-state index contributed by atoms with van der Waals surface area (Å²) in [7, 11) is 0. The number of carbonyl (C=O) groups is 1. The third-order valence-electron chi connectivity index (χ3n) is 3.89. The van der Waals surface area contributed by atoms with Gasteiger partial charge in [0.05, 0.1) is 18.3 Å². The van der Waals surface area contributed by atoms with Gasteiger partial charge < -0.3 is 14.8 Å². The minimum atomic E-state index is -0.126. The molecule has 0 fully saturated rings. The van der Waals surface area contributed by atoms with Crippen LogP contribution in [0.15, 0.2) is 48.5 Å². The lowest BCUT2D eigenvalue weighted by molar-refractivity contribution is 0.0946. The molecule has 1 amide bonds. The smallest absolute Gasteiger partial charge is 0.255 e. The van der Waals surface area contributed by atoms with Gasteiger partial charge in [0.2, 0.25) is 0 Å². The molecule has 4 nitrogen and oxygen atoms in total. The van der Waals surface area contributed by atoms with Crippen LogP contribution < -0.4 is 14.8 Å². The van der Waals surface area contributed by atoms with E-state index in [1.165, 1.54) is 0 Å². The topological polar surface area (TPSA) is 47.6 Å². The van der Waals surface area contributed by atoms with E-state index in [1.54, 1.807) is 6.07 Å². The van der Waals surface area contributed by atoms with Crippen molar-refractivity contribution in [2.45, 2.75) is 52.7 Å². The molecule has 0 spiro atoms. The molecular weight excluding hydrogens is 326 g/mol. The Morgan fingerprint density at radius 1 is 1.04 bits per heavy atom. The molecule has 2 rings (SSSR count). The van der Waals surface area contributed by atoms with Crippen LogP contribution in [0.5, 0.6) is 11.5 Å². The van der Waals surface area contributed by atoms with Crippen LogP contribution in [0.4, 0.5) is 0 Å². The highest BCUT2D eigenvalue weighted by atomic mass is 16.5. The third-order valence-corrected chi connectivity index (χ3v) is 3.89. The number of para-hydroxylation sites is 1. The fourth-order valence-electron chi connectivity index (χ4n) is 2.55. The summed E-state index contributed by atoms with van der Waals surface area (Å²) >= 11 is 0. The summed E-state index contributed by atoms with van der Waals surface area (Å²) in [5, 5.41) is 2.96. The number of ether oxygens (including phenoxy) is 2. The molecule has 0 saturated heterocycles. The Kier molecular flexibility index (Phi) is 8.00. The zero-order chi connectivity index (χ0) is 18.8. The fourth-order valence-corrected chi connectivity index (χ4v) is 2.55. The fraction of sp³-hybridized carbons (Fsp3) is 0.409. The maximum absolute atomic E-state index is 12.5. The van der Waals surface area contributed by atoms with Crippen molar-refractivity contribution in [2.75, 3.05) is 6.61 Å². The van der Waals surface area contributed by atoms with Gasteiger partial charge in [0, 0.05) is 6.54 Å². The minimum absolute atomic E-state index is 0.126. The Balaban J connectivity index is 1.91. The molecule has 0 unspecified atom stereocenters. The molecule has 0 radical (unpaired) electrons. The Hall–Kier alpha value is -2.49. The minimum Gasteiger partial charge on any atom is -0.493 e. The first-order chi connectivity index (χ1) is 12.6. The van der Waals surface area contributed by atoms with Crippen molar-refractivity contribution in [3.05, 3.63) is 59.7 Å². The van der Waals surface area contributed by atoms with Crippen LogP contribution >= 0.6 is 0 Å². The van der Waals surface area contributed by atoms with E-state index in [0.29, 0.717) is 24.5 Å². The first kappa shape index (κ1) is 19.8. The lowest BCUT2D eigenvalue weighted by Gasteiger charge is -2.12. The first-order valence-corrected chi connectivity index (χ1v) is 9.35. The Labute approximate surface area is 156 Å². The van der Waals surface area contributed by atoms with Crippen LogP contribution in [0.2, 0.25) is 0 Å². The average Bonchev–Trinajstić information content (AvgIpc) is 2.64. The summed E-state index contributed by atoms with van der Waals surface area (Å²) in [5.41, 5.74) is 1.60. The number of carbonyl (C=O) groups excluding carboxylic acids is 1. The summed E-state index contributed by atoms with van der Waals surface area (Å²) in [5.74, 6) is 1.35. The number of rotatable bonds is 10. The molecule has 0 aromatic heterocycles. The normalized spacial score (nSPS) is 10.6. The largest absolute Gasteiger partial charge is 0.493 e. The van der Waals surface area contributed by atoms with Gasteiger partial charge in [-0.25, -0.2) is 0 Å². The SMILES string of the molecule is CCCCCOc1ccccc1C(=O)NCc1ccc(OC(C)C)cc1. The van der Waals surface area contributed by atoms with E-state index in [9.17, 15) is 4.79 Å². The zero-order valence-corrected chi connectivity index (χ0v) is 16.0. The molecule has 0 aliphatic heterocycles. The van der Waals surface area contributed by atoms with Gasteiger partial charge in [0.25, 0.3) is 5.91 Å². The first-order valence-electron chi connectivity index (χ1n) is 9.35. The number of hydrogen-bond acceptors (Lipinski definition) is 3. The molecule has 0 aliphatic rings. The van der Waals surface area contributed by atoms with Gasteiger partial charge in [0.1, 0.15) is 11.5 Å². The van der Waals surface area contributed by atoms with Crippen molar-refractivity contribution < 1.29 is 14.3 Å². The monoisotopic (exact) mass is 355 g/mol. The molecule has 2 aromatic carbocycles. The predicted octanol–water partition coefficient (Wildman–Crippen LogP) is 4.97. The molecule has 4 heteroatoms. The van der Waals surface area contributed by atoms with Crippen LogP contribution in [-0.2, 0) is 6.54 Å². The lowest BCUT2D eigenvalue weighted by atomic mass is 10.1. The maximum atomic E-state index is 12.5. The van der Waals surface area contributed by atoms with E-state index < -0.39 is 0 Å². The number of nitrogens with one attached hydrogen (secondary N) is 1. The number of benzene rings is 2. The number of hydrogen-bond donors (Lipinski definition) is 1. The van der Waals surface area contributed by atoms with Crippen LogP contribution in [-0.4, -0.2) is 18.6 Å². The summed E-state index contributed by atoms with van der Waals surface area (Å²) < 4.78 is 11.4. The van der Waals surface area contributed by atoms with Gasteiger partial charge in [-0.1, -0.05) is 44.0 Å². The molecule has 0 bridgehead atoms. The van der Waals surface area contributed by atoms with Crippen molar-refractivity contribution in [1.82, 2.24) is 5.32 Å². The van der Waals surface area contributed by atoms with Crippen LogP contribution in [0.3, 0.4) is 0 Å². The van der Waals surface area contributed by atoms with Gasteiger partial charge in [-0.2, -0.15) is 0 Å². The molecule has 1 N–H and O–H groups in total. The zero-order valence-electron chi connectivity index (χ0n) is 16.0. The van der Waals surface area contributed by atoms with Crippen molar-refractivity contribution in [3.8, 4) is 11.5 Å². The van der Waals surface area contributed by atoms with Crippen molar-refractivity contribution in [1.29, 1.82) is 0 Å². The van der Waals surface area contributed by atoms with E-state index in [1.807, 2.05) is 56.3 Å². The third kappa shape index (κ3) is 6.43. The molecule has 2 aromatic rings. The van der Waals surface area contributed by atoms with Crippen molar-refractivity contribution in [3.63, 3.8) is 0 Å². The highest BCUT2D eigenvalue weighted by molar-refractivity contribution is 5.96. The second-order valence-corrected chi connectivity index (χ2v) is 6.54. The number of unbranched alkanes of at least 4 members (excludes halogenated alkanes) is 2. The summed E-state index contributed by atoms with van der Waals surface area (Å²) in [4.78, 5) is 12.5. The van der Waals surface area contributed by atoms with E-state index >= 15 is 0 Å². The Morgan fingerprint density at radius 3 is 2.46 bits per heavy atom. The average molecular weight is 355 g/mol. The number of amides is 1. The molecule has 0 atom stereocenters. The second-order valence-electron chi connectivity index (χ2n) is 6.54. The highest BCUT2D eigenvalue weighted by Crippen LogP contribution is 2.19. The quantitative estimate of drug-likeness (QED) is 0.612. The molecular formula is C22H29NO3. The molecule has 0 saturated carbocycles. The van der Waals surface area contributed by atoms with Gasteiger partial charge in [-0.05, 0) is 50.1 Å². The summed E-state index contributed by atoms with van der Waals surface area (Å²) in [6.07, 6.45) is 3.42. The molecule has 0 aliphatic carbocycles. The van der Waals surface area contributed by atoms with Crippen LogP contribution in [0.25, 0.3) is 0 Å². The van der Waals surface area contributed by atoms with Crippen LogP contribution in [0, 0.1) is 0 Å². The highest BCUT2D eigenvalue weighted by Gasteiger charge is 2.11. The van der Waals surface area contributed by atoms with Gasteiger partial charge in [-0.15, -0.1) is 0 Å². The summed E-state index contributed by atoms with van der Waals surface area (Å²) in [6, 6.07) is 15.2. The maximum Gasteiger partial charge on any atom is 0.255 e. The van der Waals surface area contributed by atoms with E-state index in [0.717, 1.165) is 30.6 Å². The Morgan fingerprint density at radius 2 is 1.77 bits per heavy atom. The second kappa shape index (κ2) is 10.5. The molecule has 0 heterocycles. The lowest BCUT2D eigenvalue weighted by Crippen LogP contribution is -2.23. The Bertz CT molecular complexity index is 680. The van der Waals surface area contributed by atoms with Gasteiger partial charge in [0.15, 0.2) is 0 Å². The van der Waals surface area contributed by atoms with Crippen molar-refractivity contribution >= 4 is 5.91 Å². The predicted molar refractivity (Wildman–Crippen MR) is 105 cm³/mol. The standard InChI is InChI=1S/C22H29NO3/c1-4-5-8-15-25-21-10-7-6-9-20(21)22(24)23-16-18-11-13-19(14-12-18)26-17(2)3/h6-7,9-14,17H,4-5,8,15-16H2,1-3H3,(H,23,24). The van der Waals surface area contributed by atoms with E-state index in [4.69, 9.17) is 9.47 Å². The van der Waals surface area contributed by atoms with Gasteiger partial charge in [-0.3, -0.25) is 4.79 Å². The van der Waals surface area contributed by atoms with Gasteiger partial charge >= 0.3 is 0 Å².